The second kappa shape index (κ2) is 3.32. The van der Waals surface area contributed by atoms with Crippen molar-refractivity contribution in [3.63, 3.8) is 0 Å². The first-order valence-electron chi connectivity index (χ1n) is 5.46. The molecule has 3 heterocycles. The maximum atomic E-state index is 11.7. The van der Waals surface area contributed by atoms with Crippen molar-refractivity contribution < 1.29 is 4.79 Å². The van der Waals surface area contributed by atoms with Gasteiger partial charge in [0.15, 0.2) is 0 Å². The van der Waals surface area contributed by atoms with Gasteiger partial charge in [0.25, 0.3) is 0 Å². The lowest BCUT2D eigenvalue weighted by Gasteiger charge is -2.32. The molecule has 0 aliphatic carbocycles. The Kier molecular flexibility index (Phi) is 1.97. The van der Waals surface area contributed by atoms with E-state index >= 15 is 0 Å². The lowest BCUT2D eigenvalue weighted by Crippen LogP contribution is -2.42. The summed E-state index contributed by atoms with van der Waals surface area (Å²) in [5, 5.41) is 7.72. The van der Waals surface area contributed by atoms with Crippen LogP contribution in [0.2, 0.25) is 0 Å². The molecule has 15 heavy (non-hydrogen) atoms. The van der Waals surface area contributed by atoms with Gasteiger partial charge in [-0.2, -0.15) is 0 Å². The van der Waals surface area contributed by atoms with Crippen LogP contribution < -0.4 is 0 Å². The van der Waals surface area contributed by atoms with Crippen LogP contribution in [0.25, 0.3) is 0 Å². The Morgan fingerprint density at radius 1 is 1.47 bits per heavy atom. The fourth-order valence-corrected chi connectivity index (χ4v) is 2.67. The minimum absolute atomic E-state index is 0.322. The molecule has 0 radical (unpaired) electrons. The first kappa shape index (κ1) is 8.88. The van der Waals surface area contributed by atoms with Gasteiger partial charge in [-0.1, -0.05) is 5.21 Å². The number of carbonyl (C=O) groups is 1. The third kappa shape index (κ3) is 1.52. The Labute approximate surface area is 88.1 Å². The van der Waals surface area contributed by atoms with Crippen molar-refractivity contribution in [3.05, 3.63) is 12.4 Å². The summed E-state index contributed by atoms with van der Waals surface area (Å²) < 4.78 is 1.82. The van der Waals surface area contributed by atoms with Crippen LogP contribution in [0.15, 0.2) is 12.4 Å². The molecule has 80 valence electrons. The maximum absolute atomic E-state index is 11.7. The topological polar surface area (TPSA) is 51.0 Å². The summed E-state index contributed by atoms with van der Waals surface area (Å²) in [5.41, 5.74) is 0. The molecule has 5 nitrogen and oxygen atoms in total. The van der Waals surface area contributed by atoms with Gasteiger partial charge in [-0.25, -0.2) is 0 Å². The molecule has 2 bridgehead atoms. The van der Waals surface area contributed by atoms with Crippen molar-refractivity contribution in [2.24, 2.45) is 5.92 Å². The van der Waals surface area contributed by atoms with Crippen LogP contribution in [0.5, 0.6) is 0 Å². The molecule has 1 aromatic heterocycles. The number of hydrogen-bond acceptors (Lipinski definition) is 3. The Bertz CT molecular complexity index is 362. The van der Waals surface area contributed by atoms with Gasteiger partial charge in [0.2, 0.25) is 5.91 Å². The largest absolute Gasteiger partial charge is 0.338 e. The van der Waals surface area contributed by atoms with E-state index in [0.717, 1.165) is 25.9 Å². The zero-order valence-electron chi connectivity index (χ0n) is 8.54. The van der Waals surface area contributed by atoms with Gasteiger partial charge < -0.3 is 4.90 Å². The summed E-state index contributed by atoms with van der Waals surface area (Å²) >= 11 is 0. The second-order valence-electron chi connectivity index (χ2n) is 4.47. The van der Waals surface area contributed by atoms with E-state index in [1.165, 1.54) is 6.42 Å². The highest BCUT2D eigenvalue weighted by Crippen LogP contribution is 2.32. The molecule has 2 aliphatic rings. The number of nitrogens with zero attached hydrogens (tertiary/aromatic N) is 4. The first-order chi connectivity index (χ1) is 7.33. The molecule has 3 rings (SSSR count). The molecular formula is C10H14N4O. The predicted octanol–water partition coefficient (Wildman–Crippen LogP) is 0.289. The van der Waals surface area contributed by atoms with Crippen LogP contribution in [0.4, 0.5) is 0 Å². The van der Waals surface area contributed by atoms with Crippen LogP contribution in [0.1, 0.15) is 19.3 Å². The lowest BCUT2D eigenvalue weighted by atomic mass is 9.96. The summed E-state index contributed by atoms with van der Waals surface area (Å²) in [4.78, 5) is 13.7. The van der Waals surface area contributed by atoms with E-state index in [0.29, 0.717) is 17.9 Å². The molecule has 1 amide bonds. The third-order valence-electron chi connectivity index (χ3n) is 3.46. The molecule has 0 spiro atoms. The third-order valence-corrected chi connectivity index (χ3v) is 3.46. The summed E-state index contributed by atoms with van der Waals surface area (Å²) in [6.07, 6.45) is 6.58. The van der Waals surface area contributed by atoms with Crippen LogP contribution in [0.3, 0.4) is 0 Å². The van der Waals surface area contributed by atoms with Crippen LogP contribution >= 0.6 is 0 Å². The molecule has 2 atom stereocenters. The van der Waals surface area contributed by atoms with E-state index < -0.39 is 0 Å². The van der Waals surface area contributed by atoms with Gasteiger partial charge >= 0.3 is 0 Å². The minimum atomic E-state index is 0.322. The van der Waals surface area contributed by atoms with Crippen molar-refractivity contribution in [3.8, 4) is 0 Å². The Balaban J connectivity index is 1.74. The van der Waals surface area contributed by atoms with Crippen molar-refractivity contribution in [1.82, 2.24) is 19.9 Å². The lowest BCUT2D eigenvalue weighted by molar-refractivity contribution is -0.129. The second-order valence-corrected chi connectivity index (χ2v) is 4.47. The number of amides is 1. The standard InChI is InChI=1S/C10H14N4O/c15-10-5-8-1-2-9(14(10)6-8)7-13-4-3-11-12-13/h3-4,8-9H,1-2,5-7H2/t8-,9-/m0/s1. The van der Waals surface area contributed by atoms with Crippen molar-refractivity contribution in [2.45, 2.75) is 31.8 Å². The number of carbonyl (C=O) groups excluding carboxylic acids is 1. The summed E-state index contributed by atoms with van der Waals surface area (Å²) in [6.45, 7) is 1.75. The normalized spacial score (nSPS) is 29.9. The van der Waals surface area contributed by atoms with Gasteiger partial charge in [-0.3, -0.25) is 9.48 Å². The average Bonchev–Trinajstić information content (AvgIpc) is 2.81. The Morgan fingerprint density at radius 2 is 2.40 bits per heavy atom. The predicted molar refractivity (Wildman–Crippen MR) is 52.9 cm³/mol. The molecule has 5 heteroatoms. The molecule has 2 aliphatic heterocycles. The fraction of sp³-hybridized carbons (Fsp3) is 0.700. The summed E-state index contributed by atoms with van der Waals surface area (Å²) in [5.74, 6) is 0.937. The maximum Gasteiger partial charge on any atom is 0.223 e. The number of hydrogen-bond donors (Lipinski definition) is 0. The number of aromatic nitrogens is 3. The monoisotopic (exact) mass is 206 g/mol. The highest BCUT2D eigenvalue weighted by atomic mass is 16.2. The fourth-order valence-electron chi connectivity index (χ4n) is 2.67. The van der Waals surface area contributed by atoms with Crippen molar-refractivity contribution in [1.29, 1.82) is 0 Å². The zero-order valence-corrected chi connectivity index (χ0v) is 8.54. The molecule has 1 aromatic rings. The first-order valence-corrected chi connectivity index (χ1v) is 5.46. The summed E-state index contributed by atoms with van der Waals surface area (Å²) in [6, 6.07) is 0.331. The van der Waals surface area contributed by atoms with Crippen LogP contribution in [0, 0.1) is 5.92 Å². The van der Waals surface area contributed by atoms with Gasteiger partial charge in [0.1, 0.15) is 0 Å². The summed E-state index contributed by atoms with van der Waals surface area (Å²) in [7, 11) is 0. The van der Waals surface area contributed by atoms with E-state index in [9.17, 15) is 4.79 Å². The van der Waals surface area contributed by atoms with Gasteiger partial charge in [-0.15, -0.1) is 5.10 Å². The molecule has 2 fully saturated rings. The van der Waals surface area contributed by atoms with Gasteiger partial charge in [0.05, 0.1) is 18.8 Å². The molecule has 0 saturated carbocycles. The molecule has 0 N–H and O–H groups in total. The molecule has 0 aromatic carbocycles. The number of piperidine rings is 1. The van der Waals surface area contributed by atoms with E-state index in [-0.39, 0.29) is 0 Å². The Hall–Kier alpha value is -1.39. The van der Waals surface area contributed by atoms with Gasteiger partial charge in [0, 0.05) is 19.2 Å². The quantitative estimate of drug-likeness (QED) is 0.698. The number of fused-ring (bicyclic) bond motifs is 2. The van der Waals surface area contributed by atoms with Crippen LogP contribution in [-0.2, 0) is 11.3 Å². The van der Waals surface area contributed by atoms with E-state index in [4.69, 9.17) is 0 Å². The highest BCUT2D eigenvalue weighted by Gasteiger charge is 2.38. The highest BCUT2D eigenvalue weighted by molar-refractivity contribution is 5.79. The SMILES string of the molecule is O=C1C[C@@H]2CC[C@@H](Cn3ccnn3)N1C2. The van der Waals surface area contributed by atoms with E-state index in [1.807, 2.05) is 15.8 Å². The van der Waals surface area contributed by atoms with E-state index in [2.05, 4.69) is 10.3 Å². The molecule has 2 saturated heterocycles. The molecular weight excluding hydrogens is 192 g/mol. The van der Waals surface area contributed by atoms with Gasteiger partial charge in [-0.05, 0) is 18.8 Å². The Morgan fingerprint density at radius 3 is 3.20 bits per heavy atom. The van der Waals surface area contributed by atoms with Crippen molar-refractivity contribution in [2.75, 3.05) is 6.54 Å². The number of rotatable bonds is 2. The smallest absolute Gasteiger partial charge is 0.223 e. The zero-order chi connectivity index (χ0) is 10.3. The minimum Gasteiger partial charge on any atom is -0.338 e. The van der Waals surface area contributed by atoms with Crippen LogP contribution in [-0.4, -0.2) is 38.4 Å². The van der Waals surface area contributed by atoms with E-state index in [1.54, 1.807) is 6.20 Å². The van der Waals surface area contributed by atoms with Crippen molar-refractivity contribution >= 4 is 5.91 Å². The average molecular weight is 206 g/mol. The molecule has 0 unspecified atom stereocenters.